The van der Waals surface area contributed by atoms with E-state index in [1.165, 1.54) is 5.56 Å². The van der Waals surface area contributed by atoms with Crippen molar-refractivity contribution in [3.8, 4) is 11.5 Å². The Hall–Kier alpha value is -1.22. The fourth-order valence-electron chi connectivity index (χ4n) is 2.18. The van der Waals surface area contributed by atoms with Crippen molar-refractivity contribution >= 4 is 0 Å². The van der Waals surface area contributed by atoms with E-state index >= 15 is 0 Å². The van der Waals surface area contributed by atoms with Gasteiger partial charge in [0.05, 0.1) is 6.10 Å². The van der Waals surface area contributed by atoms with Crippen molar-refractivity contribution in [2.75, 3.05) is 13.2 Å². The minimum absolute atomic E-state index is 0.338. The van der Waals surface area contributed by atoms with E-state index < -0.39 is 0 Å². The molecule has 1 unspecified atom stereocenters. The fraction of sp³-hybridized carbons (Fsp3) is 0.571. The molecule has 1 aromatic carbocycles. The summed E-state index contributed by atoms with van der Waals surface area (Å²) in [7, 11) is 0. The number of benzene rings is 1. The molecule has 3 nitrogen and oxygen atoms in total. The molecule has 0 radical (unpaired) electrons. The van der Waals surface area contributed by atoms with Crippen LogP contribution in [0.15, 0.2) is 12.1 Å². The summed E-state index contributed by atoms with van der Waals surface area (Å²) in [6.45, 7) is 7.32. The van der Waals surface area contributed by atoms with Crippen LogP contribution in [-0.2, 0) is 6.42 Å². The number of rotatable bonds is 3. The first-order chi connectivity index (χ1) is 8.08. The molecular formula is C14H20O3. The van der Waals surface area contributed by atoms with Gasteiger partial charge in [0.25, 0.3) is 0 Å². The van der Waals surface area contributed by atoms with E-state index in [-0.39, 0.29) is 6.10 Å². The second-order valence-corrected chi connectivity index (χ2v) is 4.90. The van der Waals surface area contributed by atoms with Gasteiger partial charge in [0.1, 0.15) is 13.2 Å². The molecule has 2 rings (SSSR count). The Balaban J connectivity index is 2.40. The van der Waals surface area contributed by atoms with Crippen LogP contribution >= 0.6 is 0 Å². The number of hydrogen-bond donors (Lipinski definition) is 1. The summed E-state index contributed by atoms with van der Waals surface area (Å²) in [4.78, 5) is 0. The summed E-state index contributed by atoms with van der Waals surface area (Å²) < 4.78 is 11.2. The molecule has 17 heavy (non-hydrogen) atoms. The minimum atomic E-state index is -0.338. The van der Waals surface area contributed by atoms with E-state index in [2.05, 4.69) is 19.9 Å². The Bertz CT molecular complexity index is 397. The Morgan fingerprint density at radius 1 is 1.12 bits per heavy atom. The fourth-order valence-corrected chi connectivity index (χ4v) is 2.18. The molecule has 1 N–H and O–H groups in total. The number of hydrogen-bond acceptors (Lipinski definition) is 3. The third-order valence-electron chi connectivity index (χ3n) is 2.94. The van der Waals surface area contributed by atoms with Gasteiger partial charge in [0.15, 0.2) is 11.5 Å². The zero-order valence-corrected chi connectivity index (χ0v) is 10.7. The highest BCUT2D eigenvalue weighted by atomic mass is 16.6. The number of fused-ring (bicyclic) bond motifs is 1. The molecule has 1 aliphatic heterocycles. The van der Waals surface area contributed by atoms with Crippen LogP contribution in [0.1, 0.15) is 37.8 Å². The minimum Gasteiger partial charge on any atom is -0.486 e. The number of aliphatic hydroxyl groups is 1. The second kappa shape index (κ2) is 4.96. The SMILES string of the molecule is CC(O)Cc1cc2c(cc1C(C)C)OCCO2. The molecule has 1 atom stereocenters. The van der Waals surface area contributed by atoms with Gasteiger partial charge < -0.3 is 14.6 Å². The van der Waals surface area contributed by atoms with E-state index in [9.17, 15) is 5.11 Å². The number of ether oxygens (including phenoxy) is 2. The average molecular weight is 236 g/mol. The lowest BCUT2D eigenvalue weighted by atomic mass is 9.93. The van der Waals surface area contributed by atoms with Gasteiger partial charge in [-0.1, -0.05) is 13.8 Å². The van der Waals surface area contributed by atoms with Gasteiger partial charge in [-0.05, 0) is 42.5 Å². The van der Waals surface area contributed by atoms with Gasteiger partial charge in [0.2, 0.25) is 0 Å². The molecule has 0 aromatic heterocycles. The van der Waals surface area contributed by atoms with E-state index in [1.807, 2.05) is 6.07 Å². The molecule has 0 saturated heterocycles. The topological polar surface area (TPSA) is 38.7 Å². The largest absolute Gasteiger partial charge is 0.486 e. The van der Waals surface area contributed by atoms with Crippen molar-refractivity contribution in [3.05, 3.63) is 23.3 Å². The van der Waals surface area contributed by atoms with Gasteiger partial charge in [0, 0.05) is 0 Å². The lowest BCUT2D eigenvalue weighted by Gasteiger charge is -2.23. The number of aliphatic hydroxyl groups excluding tert-OH is 1. The van der Waals surface area contributed by atoms with Crippen molar-refractivity contribution in [3.63, 3.8) is 0 Å². The third-order valence-corrected chi connectivity index (χ3v) is 2.94. The first-order valence-corrected chi connectivity index (χ1v) is 6.18. The highest BCUT2D eigenvalue weighted by Crippen LogP contribution is 2.36. The standard InChI is InChI=1S/C14H20O3/c1-9(2)12-8-14-13(16-4-5-17-14)7-11(12)6-10(3)15/h7-10,15H,4-6H2,1-3H3. The Morgan fingerprint density at radius 2 is 1.71 bits per heavy atom. The highest BCUT2D eigenvalue weighted by Gasteiger charge is 2.18. The molecule has 1 heterocycles. The zero-order valence-electron chi connectivity index (χ0n) is 10.7. The maximum absolute atomic E-state index is 9.54. The molecule has 94 valence electrons. The second-order valence-electron chi connectivity index (χ2n) is 4.90. The predicted octanol–water partition coefficient (Wildman–Crippen LogP) is 2.50. The van der Waals surface area contributed by atoms with Crippen molar-refractivity contribution in [2.24, 2.45) is 0 Å². The van der Waals surface area contributed by atoms with Crippen LogP contribution in [0.5, 0.6) is 11.5 Å². The quantitative estimate of drug-likeness (QED) is 0.876. The first-order valence-electron chi connectivity index (χ1n) is 6.18. The Morgan fingerprint density at radius 3 is 2.24 bits per heavy atom. The summed E-state index contributed by atoms with van der Waals surface area (Å²) in [5, 5.41) is 9.54. The van der Waals surface area contributed by atoms with Crippen LogP contribution in [0.25, 0.3) is 0 Å². The van der Waals surface area contributed by atoms with E-state index in [4.69, 9.17) is 9.47 Å². The molecule has 0 aliphatic carbocycles. The monoisotopic (exact) mass is 236 g/mol. The summed E-state index contributed by atoms with van der Waals surface area (Å²) in [5.74, 6) is 2.05. The Labute approximate surface area is 102 Å². The van der Waals surface area contributed by atoms with Crippen LogP contribution in [0.2, 0.25) is 0 Å². The zero-order chi connectivity index (χ0) is 12.4. The van der Waals surface area contributed by atoms with Crippen LogP contribution in [0.3, 0.4) is 0 Å². The summed E-state index contributed by atoms with van der Waals surface area (Å²) in [6.07, 6.45) is 0.319. The molecule has 0 fully saturated rings. The van der Waals surface area contributed by atoms with Crippen LogP contribution in [-0.4, -0.2) is 24.4 Å². The highest BCUT2D eigenvalue weighted by molar-refractivity contribution is 5.49. The van der Waals surface area contributed by atoms with Gasteiger partial charge >= 0.3 is 0 Å². The van der Waals surface area contributed by atoms with Gasteiger partial charge in [-0.25, -0.2) is 0 Å². The molecule has 1 aromatic rings. The maximum atomic E-state index is 9.54. The van der Waals surface area contributed by atoms with Crippen LogP contribution < -0.4 is 9.47 Å². The molecule has 0 saturated carbocycles. The Kier molecular flexibility index (Phi) is 3.57. The van der Waals surface area contributed by atoms with E-state index in [0.29, 0.717) is 25.6 Å². The smallest absolute Gasteiger partial charge is 0.161 e. The van der Waals surface area contributed by atoms with E-state index in [0.717, 1.165) is 17.1 Å². The maximum Gasteiger partial charge on any atom is 0.161 e. The van der Waals surface area contributed by atoms with Crippen LogP contribution in [0, 0.1) is 0 Å². The van der Waals surface area contributed by atoms with Crippen molar-refractivity contribution in [1.29, 1.82) is 0 Å². The van der Waals surface area contributed by atoms with Crippen molar-refractivity contribution in [2.45, 2.75) is 39.2 Å². The summed E-state index contributed by atoms with van der Waals surface area (Å²) in [6, 6.07) is 4.06. The van der Waals surface area contributed by atoms with Crippen molar-refractivity contribution < 1.29 is 14.6 Å². The normalized spacial score (nSPS) is 16.1. The van der Waals surface area contributed by atoms with Crippen molar-refractivity contribution in [1.82, 2.24) is 0 Å². The molecule has 0 spiro atoms. The molecule has 0 bridgehead atoms. The summed E-state index contributed by atoms with van der Waals surface area (Å²) in [5.41, 5.74) is 2.38. The molecule has 0 amide bonds. The van der Waals surface area contributed by atoms with E-state index in [1.54, 1.807) is 6.92 Å². The molecular weight excluding hydrogens is 216 g/mol. The molecule has 3 heteroatoms. The van der Waals surface area contributed by atoms with Crippen LogP contribution in [0.4, 0.5) is 0 Å². The average Bonchev–Trinajstić information content (AvgIpc) is 2.27. The van der Waals surface area contributed by atoms with Gasteiger partial charge in [-0.15, -0.1) is 0 Å². The third kappa shape index (κ3) is 2.72. The molecule has 1 aliphatic rings. The summed E-state index contributed by atoms with van der Waals surface area (Å²) >= 11 is 0. The lowest BCUT2D eigenvalue weighted by Crippen LogP contribution is -2.17. The lowest BCUT2D eigenvalue weighted by molar-refractivity contribution is 0.170. The van der Waals surface area contributed by atoms with Gasteiger partial charge in [-0.3, -0.25) is 0 Å². The predicted molar refractivity (Wildman–Crippen MR) is 66.9 cm³/mol. The first kappa shape index (κ1) is 12.2. The van der Waals surface area contributed by atoms with Gasteiger partial charge in [-0.2, -0.15) is 0 Å².